The Labute approximate surface area is 375 Å². The first kappa shape index (κ1) is 60.1. The van der Waals surface area contributed by atoms with Crippen molar-refractivity contribution in [3.63, 3.8) is 0 Å². The molecule has 63 heavy (non-hydrogen) atoms. The molecule has 0 aliphatic heterocycles. The van der Waals surface area contributed by atoms with Crippen LogP contribution in [0.5, 0.6) is 0 Å². The van der Waals surface area contributed by atoms with Gasteiger partial charge in [0.1, 0.15) is 5.54 Å². The third-order valence-corrected chi connectivity index (χ3v) is 7.96. The molecular formula is C45H76N6O12. The normalized spacial score (nSPS) is 10.5. The fraction of sp³-hybridized carbons (Fsp3) is 0.600. The van der Waals surface area contributed by atoms with Crippen molar-refractivity contribution in [2.45, 2.75) is 65.3 Å². The van der Waals surface area contributed by atoms with Gasteiger partial charge in [0.25, 0.3) is 0 Å². The van der Waals surface area contributed by atoms with E-state index < -0.39 is 5.54 Å². The van der Waals surface area contributed by atoms with Crippen LogP contribution in [0.1, 0.15) is 59.8 Å². The standard InChI is InChI=1S/C29H48N4O7.C16H28N2O5/c1-21(2)25(34)30-12-9-15-38-18-29(33-28(37)24(7)8,19-39-16-10-13-31-26(35)22(3)4)20-40-17-11-14-32-27(36)23(5)6;1-3-15(19)17-7-5-9-21-11-13-23-14-12-22-10-6-8-18-16(20)4-2/h1,3,5,7,9-20H2,2,4,6,8H3,(H,30,34)(H,31,35)(H,32,36)(H,33,37);3-4H,1-2,5-14H2,(H,17,19)(H,18,20). The van der Waals surface area contributed by atoms with Crippen molar-refractivity contribution in [3.8, 4) is 0 Å². The molecule has 0 aromatic heterocycles. The van der Waals surface area contributed by atoms with Gasteiger partial charge >= 0.3 is 0 Å². The third-order valence-electron chi connectivity index (χ3n) is 7.96. The highest BCUT2D eigenvalue weighted by Crippen LogP contribution is 2.12. The zero-order chi connectivity index (χ0) is 47.7. The molecule has 358 valence electrons. The van der Waals surface area contributed by atoms with Gasteiger partial charge in [-0.05, 0) is 72.0 Å². The Morgan fingerprint density at radius 3 is 0.921 bits per heavy atom. The molecule has 0 aliphatic carbocycles. The van der Waals surface area contributed by atoms with Crippen LogP contribution in [-0.2, 0) is 57.2 Å². The molecule has 0 aliphatic rings. The predicted molar refractivity (Wildman–Crippen MR) is 244 cm³/mol. The first-order valence-electron chi connectivity index (χ1n) is 21.1. The molecule has 0 aromatic carbocycles. The first-order chi connectivity index (χ1) is 30.0. The predicted octanol–water partition coefficient (Wildman–Crippen LogP) is 2.14. The van der Waals surface area contributed by atoms with Gasteiger partial charge in [-0.15, -0.1) is 0 Å². The second-order valence-electron chi connectivity index (χ2n) is 14.4. The summed E-state index contributed by atoms with van der Waals surface area (Å²) in [7, 11) is 0. The summed E-state index contributed by atoms with van der Waals surface area (Å²) < 4.78 is 33.7. The van der Waals surface area contributed by atoms with E-state index in [9.17, 15) is 28.8 Å². The number of carbonyl (C=O) groups is 6. The molecule has 0 aromatic rings. The summed E-state index contributed by atoms with van der Waals surface area (Å²) in [4.78, 5) is 69.3. The Kier molecular flexibility index (Phi) is 38.0. The largest absolute Gasteiger partial charge is 0.379 e. The second-order valence-corrected chi connectivity index (χ2v) is 14.4. The van der Waals surface area contributed by atoms with Crippen LogP contribution in [0.4, 0.5) is 0 Å². The lowest BCUT2D eigenvalue weighted by atomic mass is 10.0. The minimum absolute atomic E-state index is 0.0826. The molecule has 0 spiro atoms. The maximum Gasteiger partial charge on any atom is 0.246 e. The van der Waals surface area contributed by atoms with Gasteiger partial charge in [-0.2, -0.15) is 0 Å². The number of amides is 6. The van der Waals surface area contributed by atoms with Crippen LogP contribution >= 0.6 is 0 Å². The average Bonchev–Trinajstić information content (AvgIpc) is 3.25. The van der Waals surface area contributed by atoms with Gasteiger partial charge in [0.05, 0.1) is 46.2 Å². The van der Waals surface area contributed by atoms with Gasteiger partial charge < -0.3 is 60.3 Å². The van der Waals surface area contributed by atoms with E-state index in [1.807, 2.05) is 0 Å². The molecule has 0 unspecified atom stereocenters. The lowest BCUT2D eigenvalue weighted by Crippen LogP contribution is -2.59. The lowest BCUT2D eigenvalue weighted by molar-refractivity contribution is -0.124. The summed E-state index contributed by atoms with van der Waals surface area (Å²) in [5, 5.41) is 16.5. The monoisotopic (exact) mass is 893 g/mol. The Morgan fingerprint density at radius 2 is 0.651 bits per heavy atom. The van der Waals surface area contributed by atoms with Gasteiger partial charge in [0.2, 0.25) is 35.4 Å². The van der Waals surface area contributed by atoms with E-state index in [1.165, 1.54) is 12.2 Å². The molecule has 18 nitrogen and oxygen atoms in total. The molecule has 18 heteroatoms. The highest BCUT2D eigenvalue weighted by atomic mass is 16.5. The minimum Gasteiger partial charge on any atom is -0.379 e. The van der Waals surface area contributed by atoms with E-state index in [0.29, 0.717) is 134 Å². The van der Waals surface area contributed by atoms with Crippen LogP contribution in [0.25, 0.3) is 0 Å². The fourth-order valence-corrected chi connectivity index (χ4v) is 4.42. The first-order valence-corrected chi connectivity index (χ1v) is 21.1. The number of hydrogen-bond donors (Lipinski definition) is 6. The summed E-state index contributed by atoms with van der Waals surface area (Å²) in [6.07, 6.45) is 5.65. The number of ether oxygens (including phenoxy) is 6. The SMILES string of the molecule is C=C(C)C(=O)NCCCOCC(COCCCNC(=O)C(=C)C)(COCCCNC(=O)C(=C)C)NC(=O)C(=C)C.C=CC(=O)NCCCOCCOCCOCCCNC(=O)C=C. The van der Waals surface area contributed by atoms with Crippen LogP contribution in [-0.4, -0.2) is 153 Å². The maximum atomic E-state index is 12.6. The van der Waals surface area contributed by atoms with Crippen LogP contribution < -0.4 is 31.9 Å². The molecule has 0 fully saturated rings. The van der Waals surface area contributed by atoms with Gasteiger partial charge in [-0.25, -0.2) is 0 Å². The topological polar surface area (TPSA) is 230 Å². The van der Waals surface area contributed by atoms with Crippen LogP contribution in [0.15, 0.2) is 73.9 Å². The van der Waals surface area contributed by atoms with E-state index in [0.717, 1.165) is 12.8 Å². The van der Waals surface area contributed by atoms with E-state index in [1.54, 1.807) is 27.7 Å². The lowest BCUT2D eigenvalue weighted by Gasteiger charge is -2.34. The van der Waals surface area contributed by atoms with Crippen molar-refractivity contribution >= 4 is 35.4 Å². The second kappa shape index (κ2) is 39.8. The highest BCUT2D eigenvalue weighted by molar-refractivity contribution is 5.93. The molecular weight excluding hydrogens is 817 g/mol. The van der Waals surface area contributed by atoms with Crippen molar-refractivity contribution in [2.75, 3.05) is 112 Å². The molecule has 0 rings (SSSR count). The summed E-state index contributed by atoms with van der Waals surface area (Å²) in [6.45, 7) is 34.6. The molecule has 0 atom stereocenters. The van der Waals surface area contributed by atoms with Crippen molar-refractivity contribution < 1.29 is 57.2 Å². The Hall–Kier alpha value is -4.98. The molecule has 6 N–H and O–H groups in total. The highest BCUT2D eigenvalue weighted by Gasteiger charge is 2.34. The summed E-state index contributed by atoms with van der Waals surface area (Å²) in [5.74, 6) is -1.36. The Balaban J connectivity index is 0. The van der Waals surface area contributed by atoms with Crippen LogP contribution in [0.2, 0.25) is 0 Å². The summed E-state index contributed by atoms with van der Waals surface area (Å²) in [6, 6.07) is 0. The van der Waals surface area contributed by atoms with Crippen molar-refractivity contribution in [2.24, 2.45) is 0 Å². The zero-order valence-electron chi connectivity index (χ0n) is 38.4. The molecule has 6 amide bonds. The minimum atomic E-state index is -1.03. The third kappa shape index (κ3) is 37.3. The quantitative estimate of drug-likeness (QED) is 0.0386. The zero-order valence-corrected chi connectivity index (χ0v) is 38.4. The van der Waals surface area contributed by atoms with Gasteiger partial charge in [-0.3, -0.25) is 28.8 Å². The van der Waals surface area contributed by atoms with E-state index in [4.69, 9.17) is 28.4 Å². The fourth-order valence-electron chi connectivity index (χ4n) is 4.42. The summed E-state index contributed by atoms with van der Waals surface area (Å²) >= 11 is 0. The number of hydrogen-bond acceptors (Lipinski definition) is 12. The van der Waals surface area contributed by atoms with Crippen LogP contribution in [0, 0.1) is 0 Å². The molecule has 0 bridgehead atoms. The average molecular weight is 893 g/mol. The van der Waals surface area contributed by atoms with Crippen molar-refractivity contribution in [1.82, 2.24) is 31.9 Å². The van der Waals surface area contributed by atoms with Gasteiger partial charge in [0.15, 0.2) is 0 Å². The Morgan fingerprint density at radius 1 is 0.397 bits per heavy atom. The number of rotatable bonds is 39. The van der Waals surface area contributed by atoms with Gasteiger partial charge in [0, 0.05) is 88.1 Å². The van der Waals surface area contributed by atoms with Crippen molar-refractivity contribution in [3.05, 3.63) is 73.9 Å². The van der Waals surface area contributed by atoms with Crippen LogP contribution in [0.3, 0.4) is 0 Å². The summed E-state index contributed by atoms with van der Waals surface area (Å²) in [5.41, 5.74) is 0.566. The van der Waals surface area contributed by atoms with E-state index >= 15 is 0 Å². The van der Waals surface area contributed by atoms with E-state index in [-0.39, 0.29) is 55.3 Å². The molecule has 0 saturated carbocycles. The molecule has 0 radical (unpaired) electrons. The number of carbonyl (C=O) groups excluding carboxylic acids is 6. The van der Waals surface area contributed by atoms with Crippen molar-refractivity contribution in [1.29, 1.82) is 0 Å². The Bertz CT molecular complexity index is 1330. The smallest absolute Gasteiger partial charge is 0.246 e. The molecule has 0 saturated heterocycles. The van der Waals surface area contributed by atoms with E-state index in [2.05, 4.69) is 71.4 Å². The maximum absolute atomic E-state index is 12.6. The number of nitrogens with one attached hydrogen (secondary N) is 6. The van der Waals surface area contributed by atoms with Gasteiger partial charge in [-0.1, -0.05) is 39.5 Å². The molecule has 0 heterocycles.